The lowest BCUT2D eigenvalue weighted by Crippen LogP contribution is -2.09. The van der Waals surface area contributed by atoms with E-state index >= 15 is 0 Å². The van der Waals surface area contributed by atoms with Crippen LogP contribution in [0.25, 0.3) is 5.57 Å². The van der Waals surface area contributed by atoms with E-state index in [2.05, 4.69) is 49.4 Å². The van der Waals surface area contributed by atoms with Gasteiger partial charge in [-0.05, 0) is 80.6 Å². The molecule has 31 heavy (non-hydrogen) atoms. The number of benzene rings is 2. The number of aryl methyl sites for hydroxylation is 1. The van der Waals surface area contributed by atoms with Crippen LogP contribution in [0.5, 0.6) is 11.5 Å². The fourth-order valence-electron chi connectivity index (χ4n) is 4.19. The molecule has 3 rings (SSSR count). The van der Waals surface area contributed by atoms with Crippen molar-refractivity contribution in [1.82, 2.24) is 0 Å². The monoisotopic (exact) mass is 424 g/mol. The van der Waals surface area contributed by atoms with Crippen LogP contribution < -0.4 is 9.47 Å². The van der Waals surface area contributed by atoms with Crippen LogP contribution >= 0.6 is 0 Å². The van der Waals surface area contributed by atoms with Crippen molar-refractivity contribution in [1.29, 1.82) is 0 Å². The summed E-state index contributed by atoms with van der Waals surface area (Å²) in [5.74, 6) is 2.42. The Labute approximate surface area is 186 Å². The molecule has 0 aromatic heterocycles. The van der Waals surface area contributed by atoms with Crippen molar-refractivity contribution in [2.45, 2.75) is 57.8 Å². The van der Waals surface area contributed by atoms with Gasteiger partial charge in [-0.3, -0.25) is 0 Å². The van der Waals surface area contributed by atoms with Crippen LogP contribution in [0.2, 0.25) is 0 Å². The van der Waals surface area contributed by atoms with E-state index in [1.807, 2.05) is 6.07 Å². The first kappa shape index (κ1) is 23.4. The SMILES string of the molecule is Cc1cccc(C2=CCC(c3ccccc3OCCCCO)CC2)c1OCCCCO. The van der Waals surface area contributed by atoms with E-state index < -0.39 is 0 Å². The molecule has 2 aromatic carbocycles. The summed E-state index contributed by atoms with van der Waals surface area (Å²) in [6.07, 6.45) is 8.73. The number of aliphatic hydroxyl groups excluding tert-OH is 2. The van der Waals surface area contributed by atoms with Crippen LogP contribution in [0.4, 0.5) is 0 Å². The van der Waals surface area contributed by atoms with Gasteiger partial charge in [0.25, 0.3) is 0 Å². The topological polar surface area (TPSA) is 58.9 Å². The van der Waals surface area contributed by atoms with Gasteiger partial charge in [0.1, 0.15) is 11.5 Å². The van der Waals surface area contributed by atoms with Crippen LogP contribution in [0, 0.1) is 6.92 Å². The largest absolute Gasteiger partial charge is 0.493 e. The summed E-state index contributed by atoms with van der Waals surface area (Å²) in [6, 6.07) is 14.7. The minimum atomic E-state index is 0.211. The maximum atomic E-state index is 9.00. The molecule has 0 radical (unpaired) electrons. The van der Waals surface area contributed by atoms with Gasteiger partial charge >= 0.3 is 0 Å². The molecule has 0 amide bonds. The summed E-state index contributed by atoms with van der Waals surface area (Å²) < 4.78 is 12.2. The van der Waals surface area contributed by atoms with Crippen molar-refractivity contribution in [3.63, 3.8) is 0 Å². The second kappa shape index (κ2) is 12.5. The smallest absolute Gasteiger partial charge is 0.129 e. The van der Waals surface area contributed by atoms with Crippen LogP contribution in [-0.4, -0.2) is 36.6 Å². The standard InChI is InChI=1S/C27H36O4/c1-21-9-8-11-25(27(21)31-20-7-5-18-29)23-15-13-22(14-16-23)24-10-2-3-12-26(24)30-19-6-4-17-28/h2-3,8-12,15,22,28-29H,4-7,13-14,16-20H2,1H3. The molecule has 2 aromatic rings. The fraction of sp³-hybridized carbons (Fsp3) is 0.481. The van der Waals surface area contributed by atoms with E-state index in [1.54, 1.807) is 0 Å². The highest BCUT2D eigenvalue weighted by atomic mass is 16.5. The van der Waals surface area contributed by atoms with Gasteiger partial charge in [-0.1, -0.05) is 42.5 Å². The van der Waals surface area contributed by atoms with Crippen LogP contribution in [-0.2, 0) is 0 Å². The second-order valence-corrected chi connectivity index (χ2v) is 8.25. The van der Waals surface area contributed by atoms with Gasteiger partial charge in [0, 0.05) is 18.8 Å². The lowest BCUT2D eigenvalue weighted by molar-refractivity contribution is 0.251. The van der Waals surface area contributed by atoms with Crippen LogP contribution in [0.1, 0.15) is 67.6 Å². The molecule has 2 N–H and O–H groups in total. The molecular weight excluding hydrogens is 388 g/mol. The van der Waals surface area contributed by atoms with Crippen molar-refractivity contribution >= 4 is 5.57 Å². The van der Waals surface area contributed by atoms with E-state index in [9.17, 15) is 0 Å². The van der Waals surface area contributed by atoms with Gasteiger partial charge in [0.05, 0.1) is 13.2 Å². The van der Waals surface area contributed by atoms with Gasteiger partial charge in [-0.25, -0.2) is 0 Å². The van der Waals surface area contributed by atoms with E-state index in [4.69, 9.17) is 19.7 Å². The number of para-hydroxylation sites is 2. The lowest BCUT2D eigenvalue weighted by Gasteiger charge is -2.25. The first-order valence-corrected chi connectivity index (χ1v) is 11.6. The fourth-order valence-corrected chi connectivity index (χ4v) is 4.19. The number of hydrogen-bond acceptors (Lipinski definition) is 4. The Morgan fingerprint density at radius 2 is 1.61 bits per heavy atom. The molecule has 0 saturated heterocycles. The predicted molar refractivity (Wildman–Crippen MR) is 126 cm³/mol. The molecule has 1 aliphatic carbocycles. The molecule has 4 heteroatoms. The van der Waals surface area contributed by atoms with Crippen molar-refractivity contribution in [2.75, 3.05) is 26.4 Å². The highest BCUT2D eigenvalue weighted by molar-refractivity contribution is 5.72. The Bertz CT molecular complexity index is 843. The molecule has 1 unspecified atom stereocenters. The summed E-state index contributed by atoms with van der Waals surface area (Å²) in [7, 11) is 0. The van der Waals surface area contributed by atoms with E-state index in [-0.39, 0.29) is 13.2 Å². The molecule has 0 aliphatic heterocycles. The summed E-state index contributed by atoms with van der Waals surface area (Å²) in [4.78, 5) is 0. The maximum absolute atomic E-state index is 9.00. The highest BCUT2D eigenvalue weighted by Crippen LogP contribution is 2.42. The third-order valence-corrected chi connectivity index (χ3v) is 5.94. The summed E-state index contributed by atoms with van der Waals surface area (Å²) >= 11 is 0. The van der Waals surface area contributed by atoms with Gasteiger partial charge in [0.15, 0.2) is 0 Å². The molecule has 1 atom stereocenters. The van der Waals surface area contributed by atoms with Crippen LogP contribution in [0.15, 0.2) is 48.5 Å². The number of allylic oxidation sites excluding steroid dienone is 2. The number of ether oxygens (including phenoxy) is 2. The summed E-state index contributed by atoms with van der Waals surface area (Å²) in [6.45, 7) is 3.80. The van der Waals surface area contributed by atoms with Crippen LogP contribution in [0.3, 0.4) is 0 Å². The zero-order valence-electron chi connectivity index (χ0n) is 18.7. The molecule has 0 heterocycles. The zero-order chi connectivity index (χ0) is 21.9. The molecular formula is C27H36O4. The number of aliphatic hydroxyl groups is 2. The minimum absolute atomic E-state index is 0.211. The average Bonchev–Trinajstić information content (AvgIpc) is 2.81. The normalized spacial score (nSPS) is 16.1. The Morgan fingerprint density at radius 3 is 2.32 bits per heavy atom. The first-order valence-electron chi connectivity index (χ1n) is 11.6. The minimum Gasteiger partial charge on any atom is -0.493 e. The van der Waals surface area contributed by atoms with Crippen molar-refractivity contribution in [3.8, 4) is 11.5 Å². The first-order chi connectivity index (χ1) is 15.2. The van der Waals surface area contributed by atoms with Gasteiger partial charge < -0.3 is 19.7 Å². The third-order valence-electron chi connectivity index (χ3n) is 5.94. The molecule has 0 fully saturated rings. The molecule has 1 aliphatic rings. The van der Waals surface area contributed by atoms with Crippen molar-refractivity contribution in [3.05, 3.63) is 65.2 Å². The van der Waals surface area contributed by atoms with E-state index in [1.165, 1.54) is 16.7 Å². The predicted octanol–water partition coefficient (Wildman–Crippen LogP) is 5.65. The number of rotatable bonds is 12. The Morgan fingerprint density at radius 1 is 0.871 bits per heavy atom. The highest BCUT2D eigenvalue weighted by Gasteiger charge is 2.22. The van der Waals surface area contributed by atoms with E-state index in [0.717, 1.165) is 62.0 Å². The second-order valence-electron chi connectivity index (χ2n) is 8.25. The van der Waals surface area contributed by atoms with Gasteiger partial charge in [0.2, 0.25) is 0 Å². The summed E-state index contributed by atoms with van der Waals surface area (Å²) in [5.41, 5.74) is 5.01. The molecule has 0 spiro atoms. The van der Waals surface area contributed by atoms with Crippen molar-refractivity contribution in [2.24, 2.45) is 0 Å². The number of unbranched alkanes of at least 4 members (excludes halogenated alkanes) is 2. The third kappa shape index (κ3) is 6.59. The van der Waals surface area contributed by atoms with Gasteiger partial charge in [-0.15, -0.1) is 0 Å². The Kier molecular flexibility index (Phi) is 9.44. The zero-order valence-corrected chi connectivity index (χ0v) is 18.7. The quantitative estimate of drug-likeness (QED) is 0.432. The van der Waals surface area contributed by atoms with Crippen molar-refractivity contribution < 1.29 is 19.7 Å². The van der Waals surface area contributed by atoms with E-state index in [0.29, 0.717) is 19.1 Å². The average molecular weight is 425 g/mol. The molecule has 0 saturated carbocycles. The lowest BCUT2D eigenvalue weighted by atomic mass is 9.82. The summed E-state index contributed by atoms with van der Waals surface area (Å²) in [5, 5.41) is 18.0. The molecule has 4 nitrogen and oxygen atoms in total. The molecule has 168 valence electrons. The number of hydrogen-bond donors (Lipinski definition) is 2. The Hall–Kier alpha value is -2.30. The Balaban J connectivity index is 1.69. The van der Waals surface area contributed by atoms with Gasteiger partial charge in [-0.2, -0.15) is 0 Å². The molecule has 0 bridgehead atoms. The maximum Gasteiger partial charge on any atom is 0.129 e.